The smallest absolute Gasteiger partial charge is 0.274 e. The zero-order valence-corrected chi connectivity index (χ0v) is 32.3. The number of phenols is 3. The molecular weight excluding hydrogens is 761 g/mol. The first-order valence-corrected chi connectivity index (χ1v) is 18.1. The number of oxazole rings is 3. The summed E-state index contributed by atoms with van der Waals surface area (Å²) in [6.45, 7) is 0. The standard InChI is InChI=1S/C16H12N2O2.2C15H11N3O2/c1-17-12-5-2-11(3-6-12)4-9-16-18-14-8-7-13(19)10-15(14)20-16;1-16-14-6-2-10(9-17-14)3-7-15-18-12-5-4-11(19)8-13(12)20-15;1-16-11-3-2-10(17-9-11)4-7-15-18-13-6-5-12(19)8-14(13)20-15/h2-3,5-8,10,17,19H,1H3;2,4-6,8-9,19H,1H3,(H,16,17);2-3,5-6,8-9,16,19H,1H3. The predicted molar refractivity (Wildman–Crippen MR) is 229 cm³/mol. The summed E-state index contributed by atoms with van der Waals surface area (Å²) in [5.74, 6) is 19.5. The van der Waals surface area contributed by atoms with Crippen LogP contribution in [0.1, 0.15) is 34.5 Å². The summed E-state index contributed by atoms with van der Waals surface area (Å²) in [5, 5.41) is 37.1. The number of benzene rings is 4. The fourth-order valence-electron chi connectivity index (χ4n) is 5.22. The first-order chi connectivity index (χ1) is 29.2. The van der Waals surface area contributed by atoms with Crippen LogP contribution in [0.15, 0.2) is 129 Å². The maximum atomic E-state index is 9.37. The molecule has 5 heterocycles. The summed E-state index contributed by atoms with van der Waals surface area (Å²) in [5.41, 5.74) is 7.79. The normalized spacial score (nSPS) is 10.1. The van der Waals surface area contributed by atoms with Crippen molar-refractivity contribution in [3.05, 3.63) is 150 Å². The molecule has 0 saturated carbocycles. The molecule has 0 fully saturated rings. The number of nitrogens with zero attached hydrogens (tertiary/aromatic N) is 5. The number of nitrogens with one attached hydrogen (secondary N) is 3. The van der Waals surface area contributed by atoms with E-state index in [0.29, 0.717) is 56.7 Å². The Balaban J connectivity index is 0.000000136. The molecule has 0 unspecified atom stereocenters. The van der Waals surface area contributed by atoms with Gasteiger partial charge in [0, 0.05) is 62.4 Å². The van der Waals surface area contributed by atoms with E-state index in [1.165, 1.54) is 18.2 Å². The number of hydrogen-bond acceptors (Lipinski definition) is 14. The average molecular weight is 795 g/mol. The molecule has 0 spiro atoms. The van der Waals surface area contributed by atoms with Gasteiger partial charge in [-0.2, -0.15) is 0 Å². The molecule has 0 amide bonds. The summed E-state index contributed by atoms with van der Waals surface area (Å²) < 4.78 is 16.3. The second kappa shape index (κ2) is 18.3. The Labute approximate surface area is 343 Å². The Morgan fingerprint density at radius 3 is 1.33 bits per heavy atom. The van der Waals surface area contributed by atoms with E-state index in [9.17, 15) is 15.3 Å². The van der Waals surface area contributed by atoms with Gasteiger partial charge >= 0.3 is 0 Å². The van der Waals surface area contributed by atoms with Gasteiger partial charge in [0.1, 0.15) is 45.3 Å². The number of rotatable bonds is 3. The van der Waals surface area contributed by atoms with Gasteiger partial charge in [0.15, 0.2) is 16.7 Å². The number of aromatic hydroxyl groups is 3. The van der Waals surface area contributed by atoms with E-state index < -0.39 is 0 Å². The molecule has 0 saturated heterocycles. The second-order valence-electron chi connectivity index (χ2n) is 12.5. The molecule has 5 aromatic heterocycles. The predicted octanol–water partition coefficient (Wildman–Crippen LogP) is 7.71. The van der Waals surface area contributed by atoms with Crippen molar-refractivity contribution in [1.29, 1.82) is 0 Å². The SMILES string of the molecule is CNc1ccc(C#Cc2nc3ccc(O)cc3o2)cc1.CNc1ccc(C#Cc2nc3ccc(O)cc3o2)cn1.CNc1ccc(C#Cc2nc3ccc(O)cc3o2)nc1. The third-order valence-electron chi connectivity index (χ3n) is 8.29. The molecule has 14 heteroatoms. The molecule has 0 aliphatic rings. The molecule has 0 bridgehead atoms. The Hall–Kier alpha value is -8.93. The molecule has 4 aromatic carbocycles. The van der Waals surface area contributed by atoms with Gasteiger partial charge in [-0.15, -0.1) is 0 Å². The number of pyridine rings is 2. The topological polar surface area (TPSA) is 201 Å². The average Bonchev–Trinajstić information content (AvgIpc) is 4.01. The molecule has 0 aliphatic heterocycles. The maximum Gasteiger partial charge on any atom is 0.274 e. The molecule has 0 atom stereocenters. The second-order valence-corrected chi connectivity index (χ2v) is 12.5. The summed E-state index contributed by atoms with van der Waals surface area (Å²) in [7, 11) is 5.51. The number of aromatic nitrogens is 5. The van der Waals surface area contributed by atoms with Gasteiger partial charge < -0.3 is 44.5 Å². The lowest BCUT2D eigenvalue weighted by atomic mass is 10.2. The van der Waals surface area contributed by atoms with Crippen LogP contribution in [0.2, 0.25) is 0 Å². The number of anilines is 3. The van der Waals surface area contributed by atoms with Crippen molar-refractivity contribution in [1.82, 2.24) is 24.9 Å². The van der Waals surface area contributed by atoms with Gasteiger partial charge in [0.2, 0.25) is 0 Å². The molecule has 294 valence electrons. The number of phenolic OH excluding ortho intramolecular Hbond substituents is 3. The third-order valence-corrected chi connectivity index (χ3v) is 8.29. The number of fused-ring (bicyclic) bond motifs is 3. The molecule has 60 heavy (non-hydrogen) atoms. The van der Waals surface area contributed by atoms with Crippen molar-refractivity contribution < 1.29 is 28.6 Å². The lowest BCUT2D eigenvalue weighted by molar-refractivity contribution is 0.473. The minimum absolute atomic E-state index is 0.137. The van der Waals surface area contributed by atoms with Gasteiger partial charge in [0.05, 0.1) is 11.9 Å². The highest BCUT2D eigenvalue weighted by atomic mass is 16.4. The van der Waals surface area contributed by atoms with E-state index in [0.717, 1.165) is 28.3 Å². The first-order valence-electron chi connectivity index (χ1n) is 18.1. The van der Waals surface area contributed by atoms with Gasteiger partial charge in [0.25, 0.3) is 17.7 Å². The van der Waals surface area contributed by atoms with Crippen molar-refractivity contribution in [3.63, 3.8) is 0 Å². The Bertz CT molecular complexity index is 2770. The molecular formula is C46H34N8O6. The lowest BCUT2D eigenvalue weighted by Crippen LogP contribution is -1.91. The van der Waals surface area contributed by atoms with Gasteiger partial charge in [-0.1, -0.05) is 11.8 Å². The van der Waals surface area contributed by atoms with Crippen molar-refractivity contribution in [2.75, 3.05) is 37.1 Å². The highest BCUT2D eigenvalue weighted by Crippen LogP contribution is 2.22. The van der Waals surface area contributed by atoms with Gasteiger partial charge in [-0.3, -0.25) is 0 Å². The molecule has 6 N–H and O–H groups in total. The Morgan fingerprint density at radius 1 is 0.433 bits per heavy atom. The van der Waals surface area contributed by atoms with Crippen LogP contribution in [0.4, 0.5) is 17.2 Å². The van der Waals surface area contributed by atoms with Gasteiger partial charge in [-0.05, 0) is 109 Å². The van der Waals surface area contributed by atoms with Crippen molar-refractivity contribution in [3.8, 4) is 52.8 Å². The number of hydrogen-bond donors (Lipinski definition) is 6. The van der Waals surface area contributed by atoms with Crippen molar-refractivity contribution >= 4 is 50.5 Å². The molecule has 0 aliphatic carbocycles. The minimum atomic E-state index is 0.137. The lowest BCUT2D eigenvalue weighted by Gasteiger charge is -1.97. The molecule has 0 radical (unpaired) electrons. The summed E-state index contributed by atoms with van der Waals surface area (Å²) in [6.07, 6.45) is 3.38. The molecule has 9 rings (SSSR count). The van der Waals surface area contributed by atoms with Gasteiger partial charge in [-0.25, -0.2) is 24.9 Å². The first kappa shape index (κ1) is 39.3. The van der Waals surface area contributed by atoms with Crippen LogP contribution in [0.5, 0.6) is 17.2 Å². The van der Waals surface area contributed by atoms with Crippen LogP contribution in [-0.4, -0.2) is 61.4 Å². The zero-order valence-electron chi connectivity index (χ0n) is 32.3. The fraction of sp³-hybridized carbons (Fsp3) is 0.0652. The highest BCUT2D eigenvalue weighted by molar-refractivity contribution is 5.76. The van der Waals surface area contributed by atoms with E-state index in [-0.39, 0.29) is 17.2 Å². The van der Waals surface area contributed by atoms with Crippen molar-refractivity contribution in [2.45, 2.75) is 0 Å². The Morgan fingerprint density at radius 2 is 0.900 bits per heavy atom. The third kappa shape index (κ3) is 10.3. The Kier molecular flexibility index (Phi) is 12.0. The van der Waals surface area contributed by atoms with Crippen LogP contribution in [0.3, 0.4) is 0 Å². The van der Waals surface area contributed by atoms with Crippen LogP contribution < -0.4 is 16.0 Å². The molecule has 14 nitrogen and oxygen atoms in total. The van der Waals surface area contributed by atoms with Crippen LogP contribution in [0.25, 0.3) is 33.3 Å². The van der Waals surface area contributed by atoms with Crippen LogP contribution in [-0.2, 0) is 0 Å². The van der Waals surface area contributed by atoms with E-state index in [1.54, 1.807) is 55.8 Å². The van der Waals surface area contributed by atoms with Crippen LogP contribution >= 0.6 is 0 Å². The quantitative estimate of drug-likeness (QED) is 0.0950. The summed E-state index contributed by atoms with van der Waals surface area (Å²) in [6, 6.07) is 29.4. The monoisotopic (exact) mass is 794 g/mol. The fourth-order valence-corrected chi connectivity index (χ4v) is 5.22. The van der Waals surface area contributed by atoms with E-state index in [2.05, 4.69) is 76.4 Å². The highest BCUT2D eigenvalue weighted by Gasteiger charge is 2.06. The largest absolute Gasteiger partial charge is 0.508 e. The maximum absolute atomic E-state index is 9.37. The summed E-state index contributed by atoms with van der Waals surface area (Å²) >= 11 is 0. The molecule has 9 aromatic rings. The van der Waals surface area contributed by atoms with Crippen molar-refractivity contribution in [2.24, 2.45) is 0 Å². The van der Waals surface area contributed by atoms with E-state index in [1.807, 2.05) is 62.6 Å². The minimum Gasteiger partial charge on any atom is -0.508 e. The van der Waals surface area contributed by atoms with Crippen LogP contribution in [0, 0.1) is 35.5 Å². The van der Waals surface area contributed by atoms with E-state index >= 15 is 0 Å². The van der Waals surface area contributed by atoms with E-state index in [4.69, 9.17) is 13.3 Å². The summed E-state index contributed by atoms with van der Waals surface area (Å²) in [4.78, 5) is 21.0. The zero-order chi connectivity index (χ0) is 41.8.